The van der Waals surface area contributed by atoms with Gasteiger partial charge < -0.3 is 15.2 Å². The Labute approximate surface area is 172 Å². The first kappa shape index (κ1) is 20.6. The number of rotatable bonds is 4. The molecule has 0 aromatic carbocycles. The van der Waals surface area contributed by atoms with Gasteiger partial charge in [-0.25, -0.2) is 4.98 Å². The summed E-state index contributed by atoms with van der Waals surface area (Å²) in [6.07, 6.45) is 5.43. The van der Waals surface area contributed by atoms with E-state index in [9.17, 15) is 9.59 Å². The first-order valence-corrected chi connectivity index (χ1v) is 11.3. The molecule has 1 aliphatic heterocycles. The highest BCUT2D eigenvalue weighted by Crippen LogP contribution is 2.33. The number of hydrogen-bond donors (Lipinski definition) is 2. The SMILES string of the molecule is Cl.O=C(CSCc1nc2sc3c(c2c(=O)[nH]1)CCCC3)N1CCCNCC1. The second kappa shape index (κ2) is 9.41. The Bertz CT molecular complexity index is 859. The number of fused-ring (bicyclic) bond motifs is 3. The number of carbonyl (C=O) groups excluding carboxylic acids is 1. The van der Waals surface area contributed by atoms with Crippen molar-refractivity contribution in [3.05, 3.63) is 26.6 Å². The molecule has 1 amide bonds. The van der Waals surface area contributed by atoms with E-state index in [4.69, 9.17) is 0 Å². The molecule has 0 atom stereocenters. The lowest BCUT2D eigenvalue weighted by molar-refractivity contribution is -0.128. The zero-order valence-corrected chi connectivity index (χ0v) is 17.7. The molecule has 0 radical (unpaired) electrons. The summed E-state index contributed by atoms with van der Waals surface area (Å²) >= 11 is 3.20. The van der Waals surface area contributed by atoms with Crippen LogP contribution in [0.4, 0.5) is 0 Å². The van der Waals surface area contributed by atoms with Crippen molar-refractivity contribution >= 4 is 51.6 Å². The van der Waals surface area contributed by atoms with Gasteiger partial charge in [0.15, 0.2) is 0 Å². The molecule has 0 unspecified atom stereocenters. The van der Waals surface area contributed by atoms with Crippen molar-refractivity contribution < 1.29 is 4.79 Å². The predicted octanol–water partition coefficient (Wildman–Crippen LogP) is 2.34. The van der Waals surface area contributed by atoms with Crippen molar-refractivity contribution in [3.8, 4) is 0 Å². The number of hydrogen-bond acceptors (Lipinski definition) is 6. The van der Waals surface area contributed by atoms with Crippen LogP contribution in [0.5, 0.6) is 0 Å². The second-order valence-electron chi connectivity index (χ2n) is 6.88. The Morgan fingerprint density at radius 2 is 2.04 bits per heavy atom. The molecule has 1 fully saturated rings. The van der Waals surface area contributed by atoms with Crippen LogP contribution in [0.2, 0.25) is 0 Å². The van der Waals surface area contributed by atoms with Gasteiger partial charge in [0.05, 0.1) is 16.9 Å². The molecule has 1 saturated heterocycles. The van der Waals surface area contributed by atoms with Gasteiger partial charge in [-0.1, -0.05) is 0 Å². The topological polar surface area (TPSA) is 78.1 Å². The van der Waals surface area contributed by atoms with Crippen molar-refractivity contribution in [1.29, 1.82) is 0 Å². The van der Waals surface area contributed by atoms with Crippen LogP contribution in [0.15, 0.2) is 4.79 Å². The molecule has 0 bridgehead atoms. The van der Waals surface area contributed by atoms with E-state index in [1.54, 1.807) is 11.3 Å². The van der Waals surface area contributed by atoms with Gasteiger partial charge in [0.25, 0.3) is 5.56 Å². The molecule has 148 valence electrons. The summed E-state index contributed by atoms with van der Waals surface area (Å²) < 4.78 is 0. The summed E-state index contributed by atoms with van der Waals surface area (Å²) in [5, 5.41) is 4.11. The van der Waals surface area contributed by atoms with Crippen LogP contribution in [-0.2, 0) is 23.4 Å². The fourth-order valence-electron chi connectivity index (χ4n) is 3.70. The van der Waals surface area contributed by atoms with Crippen LogP contribution >= 0.6 is 35.5 Å². The molecular formula is C18H25ClN4O2S2. The summed E-state index contributed by atoms with van der Waals surface area (Å²) in [7, 11) is 0. The molecule has 2 aromatic heterocycles. The maximum absolute atomic E-state index is 12.5. The van der Waals surface area contributed by atoms with E-state index in [1.807, 2.05) is 4.90 Å². The Kier molecular flexibility index (Phi) is 7.19. The number of carbonyl (C=O) groups is 1. The highest BCUT2D eigenvalue weighted by atomic mass is 35.5. The average molecular weight is 429 g/mol. The average Bonchev–Trinajstić information content (AvgIpc) is 2.81. The molecule has 0 spiro atoms. The molecule has 6 nitrogen and oxygen atoms in total. The summed E-state index contributed by atoms with van der Waals surface area (Å²) in [6.45, 7) is 3.45. The summed E-state index contributed by atoms with van der Waals surface area (Å²) in [5.41, 5.74) is 1.20. The summed E-state index contributed by atoms with van der Waals surface area (Å²) in [5.74, 6) is 1.85. The van der Waals surface area contributed by atoms with Crippen LogP contribution in [0.1, 0.15) is 35.5 Å². The Balaban J connectivity index is 0.00000210. The highest BCUT2D eigenvalue weighted by molar-refractivity contribution is 7.99. The standard InChI is InChI=1S/C18H24N4O2S2.ClH/c23-15(22-8-3-6-19-7-9-22)11-25-10-14-20-17(24)16-12-4-1-2-5-13(12)26-18(16)21-14;/h19H,1-11H2,(H,20,21,24);1H. The fourth-order valence-corrected chi connectivity index (χ4v) is 5.77. The molecule has 1 aliphatic carbocycles. The maximum atomic E-state index is 12.5. The monoisotopic (exact) mass is 428 g/mol. The Hall–Kier alpha value is -1.09. The minimum atomic E-state index is -0.0186. The van der Waals surface area contributed by atoms with Crippen molar-refractivity contribution in [2.75, 3.05) is 31.9 Å². The van der Waals surface area contributed by atoms with Crippen LogP contribution < -0.4 is 10.9 Å². The number of halogens is 1. The van der Waals surface area contributed by atoms with Gasteiger partial charge in [-0.15, -0.1) is 35.5 Å². The molecule has 4 rings (SSSR count). The summed E-state index contributed by atoms with van der Waals surface area (Å²) in [6, 6.07) is 0. The van der Waals surface area contributed by atoms with Crippen molar-refractivity contribution in [1.82, 2.24) is 20.2 Å². The number of amides is 1. The predicted molar refractivity (Wildman–Crippen MR) is 114 cm³/mol. The quantitative estimate of drug-likeness (QED) is 0.781. The lowest BCUT2D eigenvalue weighted by Gasteiger charge is -2.19. The number of aromatic amines is 1. The van der Waals surface area contributed by atoms with Gasteiger partial charge in [-0.2, -0.15) is 0 Å². The first-order chi connectivity index (χ1) is 12.7. The van der Waals surface area contributed by atoms with E-state index < -0.39 is 0 Å². The molecule has 0 saturated carbocycles. The van der Waals surface area contributed by atoms with Crippen molar-refractivity contribution in [3.63, 3.8) is 0 Å². The second-order valence-corrected chi connectivity index (χ2v) is 8.95. The zero-order valence-electron chi connectivity index (χ0n) is 15.2. The van der Waals surface area contributed by atoms with Crippen molar-refractivity contribution in [2.45, 2.75) is 37.9 Å². The van der Waals surface area contributed by atoms with Crippen LogP contribution in [0.25, 0.3) is 10.2 Å². The lowest BCUT2D eigenvalue weighted by Crippen LogP contribution is -2.35. The van der Waals surface area contributed by atoms with Gasteiger partial charge in [0.2, 0.25) is 5.91 Å². The molecule has 3 heterocycles. The Morgan fingerprint density at radius 3 is 2.93 bits per heavy atom. The van der Waals surface area contributed by atoms with E-state index in [-0.39, 0.29) is 23.9 Å². The number of H-pyrrole nitrogens is 1. The fraction of sp³-hybridized carbons (Fsp3) is 0.611. The minimum absolute atomic E-state index is 0. The number of nitrogens with zero attached hydrogens (tertiary/aromatic N) is 2. The van der Waals surface area contributed by atoms with Crippen LogP contribution in [0, 0.1) is 0 Å². The van der Waals surface area contributed by atoms with Crippen molar-refractivity contribution in [2.24, 2.45) is 0 Å². The van der Waals surface area contributed by atoms with Crippen LogP contribution in [-0.4, -0.2) is 52.7 Å². The van der Waals surface area contributed by atoms with E-state index in [1.165, 1.54) is 28.6 Å². The van der Waals surface area contributed by atoms with Gasteiger partial charge in [-0.05, 0) is 44.2 Å². The lowest BCUT2D eigenvalue weighted by atomic mass is 9.97. The molecule has 27 heavy (non-hydrogen) atoms. The first-order valence-electron chi connectivity index (χ1n) is 9.32. The van der Waals surface area contributed by atoms with E-state index in [0.29, 0.717) is 17.3 Å². The third kappa shape index (κ3) is 4.67. The van der Waals surface area contributed by atoms with E-state index in [0.717, 1.165) is 62.1 Å². The van der Waals surface area contributed by atoms with Gasteiger partial charge in [0.1, 0.15) is 10.7 Å². The molecule has 2 aliphatic rings. The number of nitrogens with one attached hydrogen (secondary N) is 2. The van der Waals surface area contributed by atoms with E-state index >= 15 is 0 Å². The van der Waals surface area contributed by atoms with Gasteiger partial charge >= 0.3 is 0 Å². The van der Waals surface area contributed by atoms with Gasteiger partial charge in [-0.3, -0.25) is 9.59 Å². The molecule has 2 N–H and O–H groups in total. The smallest absolute Gasteiger partial charge is 0.259 e. The normalized spacial score (nSPS) is 17.3. The highest BCUT2D eigenvalue weighted by Gasteiger charge is 2.20. The largest absolute Gasteiger partial charge is 0.341 e. The number of thioether (sulfide) groups is 1. The minimum Gasteiger partial charge on any atom is -0.341 e. The van der Waals surface area contributed by atoms with Gasteiger partial charge in [0, 0.05) is 24.5 Å². The maximum Gasteiger partial charge on any atom is 0.259 e. The Morgan fingerprint density at radius 1 is 1.19 bits per heavy atom. The molecule has 9 heteroatoms. The third-order valence-electron chi connectivity index (χ3n) is 5.03. The number of aromatic nitrogens is 2. The number of aryl methyl sites for hydroxylation is 2. The van der Waals surface area contributed by atoms with E-state index in [2.05, 4.69) is 15.3 Å². The third-order valence-corrected chi connectivity index (χ3v) is 7.15. The number of thiophene rings is 1. The summed E-state index contributed by atoms with van der Waals surface area (Å²) in [4.78, 5) is 36.6. The van der Waals surface area contributed by atoms with Crippen LogP contribution in [0.3, 0.4) is 0 Å². The molecule has 2 aromatic rings. The molecular weight excluding hydrogens is 404 g/mol. The zero-order chi connectivity index (χ0) is 17.9.